The number of nitrogens with zero attached hydrogens (tertiary/aromatic N) is 1. The summed E-state index contributed by atoms with van der Waals surface area (Å²) in [5, 5.41) is 3.44. The van der Waals surface area contributed by atoms with Crippen LogP contribution < -0.4 is 10.6 Å². The van der Waals surface area contributed by atoms with Crippen LogP contribution in [0.2, 0.25) is 0 Å². The molecule has 0 spiro atoms. The molecule has 14 heavy (non-hydrogen) atoms. The van der Waals surface area contributed by atoms with Crippen LogP contribution in [-0.2, 0) is 0 Å². The Hall–Kier alpha value is -0.540. The minimum atomic E-state index is 0.255. The summed E-state index contributed by atoms with van der Waals surface area (Å²) < 4.78 is 0. The van der Waals surface area contributed by atoms with E-state index in [0.717, 1.165) is 19.5 Å². The summed E-state index contributed by atoms with van der Waals surface area (Å²) in [5.74, 6) is 0. The zero-order chi connectivity index (χ0) is 10.6. The summed E-state index contributed by atoms with van der Waals surface area (Å²) in [4.78, 5) is 2.29. The molecule has 1 heterocycles. The minimum absolute atomic E-state index is 0.255. The fraction of sp³-hybridized carbons (Fsp3) is 0.636. The molecule has 0 saturated heterocycles. The Labute approximate surface area is 90.7 Å². The van der Waals surface area contributed by atoms with Crippen molar-refractivity contribution >= 4 is 16.3 Å². The van der Waals surface area contributed by atoms with E-state index in [1.54, 1.807) is 11.3 Å². The van der Waals surface area contributed by atoms with Gasteiger partial charge in [-0.05, 0) is 35.9 Å². The van der Waals surface area contributed by atoms with Gasteiger partial charge >= 0.3 is 0 Å². The number of thiophene rings is 1. The standard InChI is InChI=1S/C11H20N2S/c1-11(2,9-12)6-7-13(3)10-5-4-8-14-10/h4-5,8H,6-7,9,12H2,1-3H3. The Morgan fingerprint density at radius 1 is 1.50 bits per heavy atom. The molecular weight excluding hydrogens is 192 g/mol. The molecule has 3 heteroatoms. The maximum Gasteiger partial charge on any atom is 0.0905 e. The van der Waals surface area contributed by atoms with Gasteiger partial charge in [0, 0.05) is 13.6 Å². The van der Waals surface area contributed by atoms with Crippen LogP contribution in [0.15, 0.2) is 17.5 Å². The summed E-state index contributed by atoms with van der Waals surface area (Å²) in [5.41, 5.74) is 5.95. The third kappa shape index (κ3) is 3.31. The van der Waals surface area contributed by atoms with Crippen molar-refractivity contribution in [3.63, 3.8) is 0 Å². The van der Waals surface area contributed by atoms with E-state index in [2.05, 4.69) is 43.3 Å². The van der Waals surface area contributed by atoms with Crippen LogP contribution in [0.1, 0.15) is 20.3 Å². The Kier molecular flexibility index (Phi) is 3.96. The molecule has 1 aromatic heterocycles. The van der Waals surface area contributed by atoms with Gasteiger partial charge in [-0.2, -0.15) is 0 Å². The van der Waals surface area contributed by atoms with E-state index in [9.17, 15) is 0 Å². The largest absolute Gasteiger partial charge is 0.366 e. The second-order valence-electron chi connectivity index (χ2n) is 4.49. The SMILES string of the molecule is CN(CCC(C)(C)CN)c1cccs1. The lowest BCUT2D eigenvalue weighted by Crippen LogP contribution is -2.29. The van der Waals surface area contributed by atoms with E-state index >= 15 is 0 Å². The van der Waals surface area contributed by atoms with Gasteiger partial charge in [-0.25, -0.2) is 0 Å². The van der Waals surface area contributed by atoms with Gasteiger partial charge in [-0.15, -0.1) is 11.3 Å². The molecule has 0 radical (unpaired) electrons. The first-order chi connectivity index (χ1) is 6.55. The van der Waals surface area contributed by atoms with Gasteiger partial charge in [0.2, 0.25) is 0 Å². The van der Waals surface area contributed by atoms with E-state index in [0.29, 0.717) is 0 Å². The molecule has 1 rings (SSSR count). The highest BCUT2D eigenvalue weighted by molar-refractivity contribution is 7.14. The van der Waals surface area contributed by atoms with Crippen molar-refractivity contribution in [3.05, 3.63) is 17.5 Å². The molecule has 0 amide bonds. The second kappa shape index (κ2) is 4.80. The molecule has 80 valence electrons. The van der Waals surface area contributed by atoms with Crippen molar-refractivity contribution < 1.29 is 0 Å². The predicted octanol–water partition coefficient (Wildman–Crippen LogP) is 2.56. The zero-order valence-electron chi connectivity index (χ0n) is 9.29. The topological polar surface area (TPSA) is 29.3 Å². The molecule has 2 N–H and O–H groups in total. The average molecular weight is 212 g/mol. The molecule has 0 fully saturated rings. The van der Waals surface area contributed by atoms with Crippen molar-refractivity contribution in [2.24, 2.45) is 11.1 Å². The van der Waals surface area contributed by atoms with E-state index in [-0.39, 0.29) is 5.41 Å². The maximum atomic E-state index is 5.70. The zero-order valence-corrected chi connectivity index (χ0v) is 10.1. The number of nitrogens with two attached hydrogens (primary N) is 1. The summed E-state index contributed by atoms with van der Waals surface area (Å²) in [6.45, 7) is 6.26. The molecule has 2 nitrogen and oxygen atoms in total. The Morgan fingerprint density at radius 2 is 2.21 bits per heavy atom. The maximum absolute atomic E-state index is 5.70. The quantitative estimate of drug-likeness (QED) is 0.813. The van der Waals surface area contributed by atoms with Crippen molar-refractivity contribution in [2.75, 3.05) is 25.0 Å². The van der Waals surface area contributed by atoms with Crippen molar-refractivity contribution in [2.45, 2.75) is 20.3 Å². The number of anilines is 1. The lowest BCUT2D eigenvalue weighted by atomic mass is 9.89. The third-order valence-corrected chi connectivity index (χ3v) is 3.54. The highest BCUT2D eigenvalue weighted by Crippen LogP contribution is 2.23. The number of rotatable bonds is 5. The van der Waals surface area contributed by atoms with E-state index in [1.807, 2.05) is 0 Å². The second-order valence-corrected chi connectivity index (χ2v) is 5.42. The molecular formula is C11H20N2S. The van der Waals surface area contributed by atoms with Crippen molar-refractivity contribution in [3.8, 4) is 0 Å². The fourth-order valence-electron chi connectivity index (χ4n) is 1.17. The molecule has 0 aliphatic rings. The molecule has 0 unspecified atom stereocenters. The van der Waals surface area contributed by atoms with E-state index in [1.165, 1.54) is 5.00 Å². The Balaban J connectivity index is 2.39. The Morgan fingerprint density at radius 3 is 2.71 bits per heavy atom. The fourth-order valence-corrected chi connectivity index (χ4v) is 1.89. The molecule has 0 aliphatic heterocycles. The smallest absolute Gasteiger partial charge is 0.0905 e. The molecule has 0 atom stereocenters. The first kappa shape index (κ1) is 11.5. The monoisotopic (exact) mass is 212 g/mol. The predicted molar refractivity (Wildman–Crippen MR) is 65.0 cm³/mol. The normalized spacial score (nSPS) is 11.7. The van der Waals surface area contributed by atoms with Gasteiger partial charge in [0.05, 0.1) is 5.00 Å². The summed E-state index contributed by atoms with van der Waals surface area (Å²) in [6.07, 6.45) is 1.14. The highest BCUT2D eigenvalue weighted by Gasteiger charge is 2.16. The van der Waals surface area contributed by atoms with Crippen LogP contribution in [0.3, 0.4) is 0 Å². The first-order valence-electron chi connectivity index (χ1n) is 5.00. The number of hydrogen-bond acceptors (Lipinski definition) is 3. The first-order valence-corrected chi connectivity index (χ1v) is 5.88. The average Bonchev–Trinajstić information content (AvgIpc) is 2.67. The van der Waals surface area contributed by atoms with Crippen LogP contribution in [-0.4, -0.2) is 20.1 Å². The van der Waals surface area contributed by atoms with Gasteiger partial charge in [0.15, 0.2) is 0 Å². The van der Waals surface area contributed by atoms with E-state index in [4.69, 9.17) is 5.73 Å². The van der Waals surface area contributed by atoms with Crippen molar-refractivity contribution in [1.29, 1.82) is 0 Å². The van der Waals surface area contributed by atoms with Crippen LogP contribution in [0.5, 0.6) is 0 Å². The summed E-state index contributed by atoms with van der Waals surface area (Å²) in [7, 11) is 2.14. The van der Waals surface area contributed by atoms with Gasteiger partial charge in [0.1, 0.15) is 0 Å². The summed E-state index contributed by atoms with van der Waals surface area (Å²) in [6, 6.07) is 4.24. The highest BCUT2D eigenvalue weighted by atomic mass is 32.1. The lowest BCUT2D eigenvalue weighted by molar-refractivity contribution is 0.351. The molecule has 0 bridgehead atoms. The van der Waals surface area contributed by atoms with E-state index < -0.39 is 0 Å². The molecule has 0 aromatic carbocycles. The van der Waals surface area contributed by atoms with Crippen LogP contribution in [0.25, 0.3) is 0 Å². The van der Waals surface area contributed by atoms with Gasteiger partial charge in [0.25, 0.3) is 0 Å². The van der Waals surface area contributed by atoms with Crippen molar-refractivity contribution in [1.82, 2.24) is 0 Å². The van der Waals surface area contributed by atoms with Crippen LogP contribution >= 0.6 is 11.3 Å². The minimum Gasteiger partial charge on any atom is -0.366 e. The lowest BCUT2D eigenvalue weighted by Gasteiger charge is -2.26. The molecule has 1 aromatic rings. The number of hydrogen-bond donors (Lipinski definition) is 1. The van der Waals surface area contributed by atoms with Gasteiger partial charge < -0.3 is 10.6 Å². The van der Waals surface area contributed by atoms with Gasteiger partial charge in [-0.3, -0.25) is 0 Å². The van der Waals surface area contributed by atoms with Crippen LogP contribution in [0, 0.1) is 5.41 Å². The third-order valence-electron chi connectivity index (χ3n) is 2.56. The van der Waals surface area contributed by atoms with Gasteiger partial charge in [-0.1, -0.05) is 13.8 Å². The Bertz CT molecular complexity index is 254. The van der Waals surface area contributed by atoms with Crippen LogP contribution in [0.4, 0.5) is 5.00 Å². The summed E-state index contributed by atoms with van der Waals surface area (Å²) >= 11 is 1.78. The molecule has 0 saturated carbocycles. The molecule has 0 aliphatic carbocycles.